The normalized spacial score (nSPS) is 25.1. The van der Waals surface area contributed by atoms with Crippen LogP contribution < -0.4 is 15.8 Å². The lowest BCUT2D eigenvalue weighted by atomic mass is 9.85. The zero-order valence-corrected chi connectivity index (χ0v) is 14.8. The number of nitrogens with one attached hydrogen (secondary N) is 1. The summed E-state index contributed by atoms with van der Waals surface area (Å²) >= 11 is 0. The highest BCUT2D eigenvalue weighted by Crippen LogP contribution is 2.61. The molecule has 1 spiro atoms. The molecule has 1 fully saturated rings. The molecule has 5 heteroatoms. The Morgan fingerprint density at radius 3 is 2.71 bits per heavy atom. The lowest BCUT2D eigenvalue weighted by molar-refractivity contribution is -0.131. The molecular formula is C19H26N2O3. The Morgan fingerprint density at radius 2 is 2.08 bits per heavy atom. The van der Waals surface area contributed by atoms with Crippen molar-refractivity contribution in [3.8, 4) is 5.75 Å². The van der Waals surface area contributed by atoms with E-state index in [1.54, 1.807) is 13.8 Å². The molecule has 2 aliphatic rings. The third kappa shape index (κ3) is 2.66. The summed E-state index contributed by atoms with van der Waals surface area (Å²) < 4.78 is 5.80. The van der Waals surface area contributed by atoms with Gasteiger partial charge in [0, 0.05) is 16.9 Å². The number of amides is 2. The minimum Gasteiger partial charge on any atom is -0.493 e. The number of rotatable bonds is 4. The van der Waals surface area contributed by atoms with Gasteiger partial charge < -0.3 is 15.8 Å². The standard InChI is InChI=1S/C19H26N2O3/c1-11(2)12-5-6-15-13(9-12)19(7-8-24-15)10-14(19)16(22)21-18(3,4)17(20)23/h5-6,9,11,14H,7-8,10H2,1-4H3,(H2,20,23)(H,21,22)/t14-,19-/m0/s1. The minimum atomic E-state index is -1.03. The van der Waals surface area contributed by atoms with E-state index in [1.165, 1.54) is 5.56 Å². The van der Waals surface area contributed by atoms with Gasteiger partial charge in [-0.05, 0) is 44.2 Å². The number of carbonyl (C=O) groups is 2. The number of nitrogens with two attached hydrogens (primary N) is 1. The zero-order valence-electron chi connectivity index (χ0n) is 14.8. The summed E-state index contributed by atoms with van der Waals surface area (Å²) in [6, 6.07) is 6.30. The van der Waals surface area contributed by atoms with Gasteiger partial charge in [0.15, 0.2) is 0 Å². The van der Waals surface area contributed by atoms with Crippen LogP contribution in [0.2, 0.25) is 0 Å². The fraction of sp³-hybridized carbons (Fsp3) is 0.579. The third-order valence-corrected chi connectivity index (χ3v) is 5.46. The highest BCUT2D eigenvalue weighted by Gasteiger charge is 2.61. The van der Waals surface area contributed by atoms with Gasteiger partial charge in [0.1, 0.15) is 11.3 Å². The molecule has 1 heterocycles. The molecule has 3 rings (SSSR count). The maximum atomic E-state index is 12.7. The molecule has 24 heavy (non-hydrogen) atoms. The van der Waals surface area contributed by atoms with Gasteiger partial charge in [-0.1, -0.05) is 26.0 Å². The number of hydrogen-bond acceptors (Lipinski definition) is 3. The molecule has 5 nitrogen and oxygen atoms in total. The van der Waals surface area contributed by atoms with Gasteiger partial charge in [-0.25, -0.2) is 0 Å². The molecule has 0 saturated heterocycles. The van der Waals surface area contributed by atoms with E-state index in [9.17, 15) is 9.59 Å². The van der Waals surface area contributed by atoms with Gasteiger partial charge in [0.05, 0.1) is 6.61 Å². The van der Waals surface area contributed by atoms with Crippen LogP contribution >= 0.6 is 0 Å². The van der Waals surface area contributed by atoms with Gasteiger partial charge in [0.25, 0.3) is 0 Å². The first-order valence-electron chi connectivity index (χ1n) is 8.56. The van der Waals surface area contributed by atoms with Gasteiger partial charge in [-0.2, -0.15) is 0 Å². The van der Waals surface area contributed by atoms with E-state index in [2.05, 4.69) is 31.3 Å². The van der Waals surface area contributed by atoms with Crippen molar-refractivity contribution in [1.82, 2.24) is 5.32 Å². The van der Waals surface area contributed by atoms with Crippen molar-refractivity contribution in [2.24, 2.45) is 11.7 Å². The van der Waals surface area contributed by atoms with Gasteiger partial charge >= 0.3 is 0 Å². The smallest absolute Gasteiger partial charge is 0.242 e. The number of primary amides is 1. The molecule has 1 aromatic rings. The summed E-state index contributed by atoms with van der Waals surface area (Å²) in [5.41, 5.74) is 6.56. The maximum absolute atomic E-state index is 12.7. The largest absolute Gasteiger partial charge is 0.493 e. The minimum absolute atomic E-state index is 0.0957. The van der Waals surface area contributed by atoms with Gasteiger partial charge in [0.2, 0.25) is 11.8 Å². The average Bonchev–Trinajstić information content (AvgIpc) is 3.22. The molecule has 2 amide bonds. The van der Waals surface area contributed by atoms with Crippen molar-refractivity contribution >= 4 is 11.8 Å². The van der Waals surface area contributed by atoms with E-state index < -0.39 is 11.4 Å². The quantitative estimate of drug-likeness (QED) is 0.888. The van der Waals surface area contributed by atoms with Crippen LogP contribution in [-0.2, 0) is 15.0 Å². The molecule has 1 aliphatic carbocycles. The van der Waals surface area contributed by atoms with Crippen LogP contribution in [0.25, 0.3) is 0 Å². The zero-order chi connectivity index (χ0) is 17.7. The maximum Gasteiger partial charge on any atom is 0.242 e. The average molecular weight is 330 g/mol. The summed E-state index contributed by atoms with van der Waals surface area (Å²) in [5, 5.41) is 2.80. The van der Waals surface area contributed by atoms with E-state index in [4.69, 9.17) is 10.5 Å². The Balaban J connectivity index is 1.86. The van der Waals surface area contributed by atoms with E-state index in [-0.39, 0.29) is 17.2 Å². The summed E-state index contributed by atoms with van der Waals surface area (Å²) in [6.45, 7) is 8.21. The molecule has 0 radical (unpaired) electrons. The summed E-state index contributed by atoms with van der Waals surface area (Å²) in [6.07, 6.45) is 1.63. The van der Waals surface area contributed by atoms with Crippen molar-refractivity contribution in [2.45, 2.75) is 57.4 Å². The molecule has 0 unspecified atom stereocenters. The van der Waals surface area contributed by atoms with Crippen LogP contribution in [0, 0.1) is 5.92 Å². The fourth-order valence-electron chi connectivity index (χ4n) is 3.58. The van der Waals surface area contributed by atoms with Crippen molar-refractivity contribution in [3.63, 3.8) is 0 Å². The Hall–Kier alpha value is -2.04. The first-order valence-corrected chi connectivity index (χ1v) is 8.56. The monoisotopic (exact) mass is 330 g/mol. The number of benzene rings is 1. The molecule has 2 atom stereocenters. The van der Waals surface area contributed by atoms with Crippen LogP contribution in [-0.4, -0.2) is 24.0 Å². The predicted octanol–water partition coefficient (Wildman–Crippen LogP) is 2.23. The molecule has 1 aliphatic heterocycles. The van der Waals surface area contributed by atoms with Crippen LogP contribution in [0.3, 0.4) is 0 Å². The highest BCUT2D eigenvalue weighted by molar-refractivity contribution is 5.92. The molecular weight excluding hydrogens is 304 g/mol. The van der Waals surface area contributed by atoms with E-state index >= 15 is 0 Å². The van der Waals surface area contributed by atoms with Gasteiger partial charge in [-0.3, -0.25) is 9.59 Å². The number of hydrogen-bond donors (Lipinski definition) is 2. The van der Waals surface area contributed by atoms with E-state index in [1.807, 2.05) is 6.07 Å². The predicted molar refractivity (Wildman–Crippen MR) is 91.8 cm³/mol. The van der Waals surface area contributed by atoms with Crippen LogP contribution in [0.1, 0.15) is 57.6 Å². The van der Waals surface area contributed by atoms with Crippen molar-refractivity contribution < 1.29 is 14.3 Å². The van der Waals surface area contributed by atoms with Crippen LogP contribution in [0.5, 0.6) is 5.75 Å². The second-order valence-electron chi connectivity index (χ2n) is 7.90. The van der Waals surface area contributed by atoms with Crippen molar-refractivity contribution in [2.75, 3.05) is 6.61 Å². The molecule has 0 bridgehead atoms. The first-order chi connectivity index (χ1) is 11.2. The number of fused-ring (bicyclic) bond motifs is 2. The molecule has 130 valence electrons. The third-order valence-electron chi connectivity index (χ3n) is 5.46. The van der Waals surface area contributed by atoms with E-state index in [0.29, 0.717) is 12.5 Å². The lowest BCUT2D eigenvalue weighted by Crippen LogP contribution is -2.53. The Bertz CT molecular complexity index is 696. The molecule has 0 aromatic heterocycles. The van der Waals surface area contributed by atoms with E-state index in [0.717, 1.165) is 24.2 Å². The molecule has 1 aromatic carbocycles. The Morgan fingerprint density at radius 1 is 1.38 bits per heavy atom. The topological polar surface area (TPSA) is 81.4 Å². The summed E-state index contributed by atoms with van der Waals surface area (Å²) in [4.78, 5) is 24.1. The summed E-state index contributed by atoms with van der Waals surface area (Å²) in [7, 11) is 0. The van der Waals surface area contributed by atoms with Gasteiger partial charge in [-0.15, -0.1) is 0 Å². The number of carbonyl (C=O) groups excluding carboxylic acids is 2. The fourth-order valence-corrected chi connectivity index (χ4v) is 3.58. The van der Waals surface area contributed by atoms with Crippen molar-refractivity contribution in [1.29, 1.82) is 0 Å². The van der Waals surface area contributed by atoms with Crippen LogP contribution in [0.4, 0.5) is 0 Å². The Kier molecular flexibility index (Phi) is 3.85. The molecule has 3 N–H and O–H groups in total. The second-order valence-corrected chi connectivity index (χ2v) is 7.90. The first kappa shape index (κ1) is 16.8. The van der Waals surface area contributed by atoms with Crippen molar-refractivity contribution in [3.05, 3.63) is 29.3 Å². The number of ether oxygens (including phenoxy) is 1. The molecule has 1 saturated carbocycles. The SMILES string of the molecule is CC(C)c1ccc2c(c1)[C@]1(CCO2)C[C@H]1C(=O)NC(C)(C)C(N)=O. The second kappa shape index (κ2) is 5.50. The highest BCUT2D eigenvalue weighted by atomic mass is 16.5. The Labute approximate surface area is 142 Å². The lowest BCUT2D eigenvalue weighted by Gasteiger charge is -2.29. The van der Waals surface area contributed by atoms with Crippen LogP contribution in [0.15, 0.2) is 18.2 Å². The summed E-state index contributed by atoms with van der Waals surface area (Å²) in [5.74, 6) is 0.562.